The Morgan fingerprint density at radius 3 is 2.60 bits per heavy atom. The Morgan fingerprint density at radius 1 is 1.11 bits per heavy atom. The van der Waals surface area contributed by atoms with Gasteiger partial charge in [-0.1, -0.05) is 17.7 Å². The lowest BCUT2D eigenvalue weighted by molar-refractivity contribution is 0.0982. The van der Waals surface area contributed by atoms with Gasteiger partial charge in [0.05, 0.1) is 12.1 Å². The zero-order chi connectivity index (χ0) is 24.4. The first-order valence-electron chi connectivity index (χ1n) is 12.7. The van der Waals surface area contributed by atoms with Gasteiger partial charge in [-0.15, -0.1) is 0 Å². The molecule has 0 amide bonds. The fourth-order valence-corrected chi connectivity index (χ4v) is 5.51. The predicted molar refractivity (Wildman–Crippen MR) is 143 cm³/mol. The SMILES string of the molecule is CCNc1nc(Cc2ccc(N3CCC(N4CCN(C)CC4)CC3)cc2OC)nc2c(Cl)c[nH]c12. The van der Waals surface area contributed by atoms with E-state index in [1.165, 1.54) is 44.7 Å². The van der Waals surface area contributed by atoms with Crippen LogP contribution in [0.4, 0.5) is 11.5 Å². The minimum Gasteiger partial charge on any atom is -0.496 e. The number of aromatic nitrogens is 3. The summed E-state index contributed by atoms with van der Waals surface area (Å²) in [4.78, 5) is 20.3. The van der Waals surface area contributed by atoms with E-state index in [0.717, 1.165) is 47.8 Å². The van der Waals surface area contributed by atoms with Crippen LogP contribution < -0.4 is 15.0 Å². The standard InChI is InChI=1S/C26H36ClN7O/c1-4-28-26-25-24(21(27)17-29-25)30-23(31-26)15-18-5-6-20(16-22(18)35-3)33-9-7-19(8-10-33)34-13-11-32(2)12-14-34/h5-6,16-17,19,29H,4,7-15H2,1-3H3,(H,28,30,31). The summed E-state index contributed by atoms with van der Waals surface area (Å²) < 4.78 is 5.81. The summed E-state index contributed by atoms with van der Waals surface area (Å²) in [7, 11) is 3.96. The molecule has 5 rings (SSSR count). The zero-order valence-electron chi connectivity index (χ0n) is 21.0. The molecule has 0 atom stereocenters. The number of hydrogen-bond acceptors (Lipinski definition) is 7. The van der Waals surface area contributed by atoms with Crippen molar-refractivity contribution in [1.82, 2.24) is 24.8 Å². The number of piperazine rings is 1. The van der Waals surface area contributed by atoms with E-state index in [9.17, 15) is 0 Å². The first kappa shape index (κ1) is 24.2. The third kappa shape index (κ3) is 5.20. The van der Waals surface area contributed by atoms with Gasteiger partial charge in [0.1, 0.15) is 22.6 Å². The van der Waals surface area contributed by atoms with E-state index >= 15 is 0 Å². The lowest BCUT2D eigenvalue weighted by Gasteiger charge is -2.42. The number of benzene rings is 1. The van der Waals surface area contributed by atoms with Crippen molar-refractivity contribution in [3.05, 3.63) is 40.8 Å². The first-order valence-corrected chi connectivity index (χ1v) is 13.0. The number of piperidine rings is 1. The molecule has 4 heterocycles. The van der Waals surface area contributed by atoms with Gasteiger partial charge in [0.2, 0.25) is 0 Å². The van der Waals surface area contributed by atoms with Gasteiger partial charge in [-0.3, -0.25) is 4.90 Å². The van der Waals surface area contributed by atoms with Crippen LogP contribution in [0.25, 0.3) is 11.0 Å². The van der Waals surface area contributed by atoms with E-state index in [1.54, 1.807) is 13.3 Å². The molecule has 0 aliphatic carbocycles. The van der Waals surface area contributed by atoms with Crippen molar-refractivity contribution in [3.8, 4) is 5.75 Å². The van der Waals surface area contributed by atoms with Crippen LogP contribution >= 0.6 is 11.6 Å². The van der Waals surface area contributed by atoms with Crippen molar-refractivity contribution < 1.29 is 4.74 Å². The number of nitrogens with zero attached hydrogens (tertiary/aromatic N) is 5. The zero-order valence-corrected chi connectivity index (χ0v) is 21.7. The third-order valence-electron chi connectivity index (χ3n) is 7.37. The summed E-state index contributed by atoms with van der Waals surface area (Å²) >= 11 is 6.37. The van der Waals surface area contributed by atoms with Crippen LogP contribution in [-0.2, 0) is 6.42 Å². The van der Waals surface area contributed by atoms with E-state index in [-0.39, 0.29) is 0 Å². The van der Waals surface area contributed by atoms with E-state index in [0.29, 0.717) is 23.3 Å². The molecule has 2 saturated heterocycles. The highest BCUT2D eigenvalue weighted by Crippen LogP contribution is 2.31. The fraction of sp³-hybridized carbons (Fsp3) is 0.538. The summed E-state index contributed by atoms with van der Waals surface area (Å²) in [5, 5.41) is 3.92. The maximum absolute atomic E-state index is 6.37. The molecule has 0 radical (unpaired) electrons. The number of fused-ring (bicyclic) bond motifs is 1. The van der Waals surface area contributed by atoms with Crippen molar-refractivity contribution >= 4 is 34.1 Å². The number of halogens is 1. The molecule has 0 spiro atoms. The Morgan fingerprint density at radius 2 is 1.89 bits per heavy atom. The van der Waals surface area contributed by atoms with Crippen molar-refractivity contribution in [1.29, 1.82) is 0 Å². The van der Waals surface area contributed by atoms with Crippen molar-refractivity contribution in [2.75, 3.05) is 70.2 Å². The summed E-state index contributed by atoms with van der Waals surface area (Å²) in [5.41, 5.74) is 3.87. The highest BCUT2D eigenvalue weighted by Gasteiger charge is 2.27. The van der Waals surface area contributed by atoms with Crippen LogP contribution in [0.1, 0.15) is 31.2 Å². The molecule has 1 aromatic carbocycles. The predicted octanol–water partition coefficient (Wildman–Crippen LogP) is 3.86. The molecule has 0 saturated carbocycles. The van der Waals surface area contributed by atoms with Crippen molar-refractivity contribution in [2.24, 2.45) is 0 Å². The molecular weight excluding hydrogens is 462 g/mol. The fourth-order valence-electron chi connectivity index (χ4n) is 5.32. The maximum atomic E-state index is 6.37. The number of ether oxygens (including phenoxy) is 1. The van der Waals surface area contributed by atoms with Gasteiger partial charge >= 0.3 is 0 Å². The molecule has 35 heavy (non-hydrogen) atoms. The molecule has 188 valence electrons. The second kappa shape index (κ2) is 10.6. The van der Waals surface area contributed by atoms with Gasteiger partial charge in [0.25, 0.3) is 0 Å². The van der Waals surface area contributed by atoms with E-state index in [2.05, 4.69) is 50.2 Å². The molecular formula is C26H36ClN7O. The smallest absolute Gasteiger partial charge is 0.154 e. The van der Waals surface area contributed by atoms with Crippen LogP contribution in [0.3, 0.4) is 0 Å². The quantitative estimate of drug-likeness (QED) is 0.513. The normalized spacial score (nSPS) is 18.3. The average molecular weight is 498 g/mol. The molecule has 2 aliphatic rings. The minimum atomic E-state index is 0.574. The third-order valence-corrected chi connectivity index (χ3v) is 7.66. The van der Waals surface area contributed by atoms with E-state index < -0.39 is 0 Å². The van der Waals surface area contributed by atoms with Crippen LogP contribution in [0.15, 0.2) is 24.4 Å². The largest absolute Gasteiger partial charge is 0.496 e. The van der Waals surface area contributed by atoms with Crippen LogP contribution in [0.5, 0.6) is 5.75 Å². The molecule has 2 fully saturated rings. The topological polar surface area (TPSA) is 72.6 Å². The number of likely N-dealkylation sites (N-methyl/N-ethyl adjacent to an activating group) is 1. The molecule has 0 unspecified atom stereocenters. The molecule has 9 heteroatoms. The maximum Gasteiger partial charge on any atom is 0.154 e. The van der Waals surface area contributed by atoms with Gasteiger partial charge in [-0.05, 0) is 32.9 Å². The molecule has 2 aromatic heterocycles. The van der Waals surface area contributed by atoms with Gasteiger partial charge in [0.15, 0.2) is 5.82 Å². The summed E-state index contributed by atoms with van der Waals surface area (Å²) in [6.45, 7) is 9.74. The Balaban J connectivity index is 1.29. The van der Waals surface area contributed by atoms with Gasteiger partial charge in [-0.2, -0.15) is 0 Å². The van der Waals surface area contributed by atoms with E-state index in [1.807, 2.05) is 6.92 Å². The number of anilines is 2. The summed E-state index contributed by atoms with van der Waals surface area (Å²) in [6.07, 6.45) is 4.76. The molecule has 2 aliphatic heterocycles. The number of H-pyrrole nitrogens is 1. The Labute approximate surface area is 212 Å². The highest BCUT2D eigenvalue weighted by molar-refractivity contribution is 6.35. The minimum absolute atomic E-state index is 0.574. The van der Waals surface area contributed by atoms with Crippen LogP contribution in [0.2, 0.25) is 5.02 Å². The first-order chi connectivity index (χ1) is 17.1. The molecule has 3 aromatic rings. The van der Waals surface area contributed by atoms with Crippen LogP contribution in [0, 0.1) is 0 Å². The Bertz CT molecular complexity index is 1150. The molecule has 8 nitrogen and oxygen atoms in total. The monoisotopic (exact) mass is 497 g/mol. The molecule has 0 bridgehead atoms. The number of hydrogen-bond donors (Lipinski definition) is 2. The molecule has 2 N–H and O–H groups in total. The van der Waals surface area contributed by atoms with Gasteiger partial charge in [-0.25, -0.2) is 9.97 Å². The lowest BCUT2D eigenvalue weighted by Crippen LogP contribution is -2.52. The van der Waals surface area contributed by atoms with Gasteiger partial charge in [0, 0.05) is 81.8 Å². The van der Waals surface area contributed by atoms with Crippen molar-refractivity contribution in [3.63, 3.8) is 0 Å². The number of nitrogens with one attached hydrogen (secondary N) is 2. The van der Waals surface area contributed by atoms with Crippen LogP contribution in [-0.4, -0.2) is 90.8 Å². The number of methoxy groups -OCH3 is 1. The highest BCUT2D eigenvalue weighted by atomic mass is 35.5. The van der Waals surface area contributed by atoms with Crippen molar-refractivity contribution in [2.45, 2.75) is 32.2 Å². The van der Waals surface area contributed by atoms with Gasteiger partial charge < -0.3 is 24.8 Å². The Kier molecular flexibility index (Phi) is 7.32. The Hall–Kier alpha value is -2.55. The number of rotatable bonds is 7. The second-order valence-electron chi connectivity index (χ2n) is 9.61. The van der Waals surface area contributed by atoms with E-state index in [4.69, 9.17) is 26.3 Å². The lowest BCUT2D eigenvalue weighted by atomic mass is 10.0. The summed E-state index contributed by atoms with van der Waals surface area (Å²) in [6, 6.07) is 7.24. The number of aromatic amines is 1. The summed E-state index contributed by atoms with van der Waals surface area (Å²) in [5.74, 6) is 2.37. The average Bonchev–Trinajstić information content (AvgIpc) is 3.26. The second-order valence-corrected chi connectivity index (χ2v) is 10.0.